The van der Waals surface area contributed by atoms with E-state index in [9.17, 15) is 9.59 Å². The molecule has 2 amide bonds. The number of hydrogen-bond acceptors (Lipinski definition) is 3. The average Bonchev–Trinajstić information content (AvgIpc) is 3.16. The zero-order valence-electron chi connectivity index (χ0n) is 16.4. The summed E-state index contributed by atoms with van der Waals surface area (Å²) in [5.74, 6) is -0.0519. The molecule has 0 radical (unpaired) electrons. The van der Waals surface area contributed by atoms with Gasteiger partial charge in [0.2, 0.25) is 5.91 Å². The molecule has 26 heavy (non-hydrogen) atoms. The molecule has 0 saturated carbocycles. The molecule has 5 heteroatoms. The summed E-state index contributed by atoms with van der Waals surface area (Å²) in [6.07, 6.45) is 6.77. The Balaban J connectivity index is 2.16. The maximum absolute atomic E-state index is 12.8. The van der Waals surface area contributed by atoms with Crippen molar-refractivity contribution in [3.05, 3.63) is 23.8 Å². The van der Waals surface area contributed by atoms with Gasteiger partial charge in [0, 0.05) is 36.9 Å². The minimum Gasteiger partial charge on any atom is -0.371 e. The van der Waals surface area contributed by atoms with Gasteiger partial charge in [-0.2, -0.15) is 0 Å². The number of rotatable bonds is 9. The Morgan fingerprint density at radius 2 is 1.88 bits per heavy atom. The first-order chi connectivity index (χ1) is 12.5. The van der Waals surface area contributed by atoms with E-state index in [2.05, 4.69) is 29.4 Å². The molecule has 1 atom stereocenters. The number of nitrogens with one attached hydrogen (secondary N) is 2. The lowest BCUT2D eigenvalue weighted by Gasteiger charge is -2.23. The molecule has 144 valence electrons. The standard InChI is InChI=1S/C21H33N3O2/c1-4-6-7-10-20(25)23-17-11-12-19(24-13-8-9-14-24)18(15-17)21(26)22-16(3)5-2/h11-12,15-16H,4-10,13-14H2,1-3H3,(H,22,26)(H,23,25). The zero-order chi connectivity index (χ0) is 18.9. The van der Waals surface area contributed by atoms with Crippen molar-refractivity contribution in [1.82, 2.24) is 5.32 Å². The maximum Gasteiger partial charge on any atom is 0.253 e. The van der Waals surface area contributed by atoms with Crippen LogP contribution in [-0.4, -0.2) is 30.9 Å². The van der Waals surface area contributed by atoms with Gasteiger partial charge in [-0.15, -0.1) is 0 Å². The van der Waals surface area contributed by atoms with Crippen LogP contribution in [0.1, 0.15) is 76.1 Å². The fraction of sp³-hybridized carbons (Fsp3) is 0.619. The van der Waals surface area contributed by atoms with E-state index in [0.29, 0.717) is 17.7 Å². The predicted octanol–water partition coefficient (Wildman–Crippen LogP) is 4.33. The summed E-state index contributed by atoms with van der Waals surface area (Å²) in [5.41, 5.74) is 2.31. The highest BCUT2D eigenvalue weighted by atomic mass is 16.2. The van der Waals surface area contributed by atoms with Crippen LogP contribution in [0.5, 0.6) is 0 Å². The Morgan fingerprint density at radius 3 is 2.54 bits per heavy atom. The van der Waals surface area contributed by atoms with E-state index in [4.69, 9.17) is 0 Å². The molecule has 1 aliphatic heterocycles. The molecule has 1 aliphatic rings. The SMILES string of the molecule is CCCCCC(=O)Nc1ccc(N2CCCC2)c(C(=O)NC(C)CC)c1. The molecule has 1 aromatic rings. The number of hydrogen-bond donors (Lipinski definition) is 2. The summed E-state index contributed by atoms with van der Waals surface area (Å²) in [6, 6.07) is 5.83. The van der Waals surface area contributed by atoms with Gasteiger partial charge < -0.3 is 15.5 Å². The number of benzene rings is 1. The molecule has 0 spiro atoms. The summed E-state index contributed by atoms with van der Waals surface area (Å²) in [7, 11) is 0. The quantitative estimate of drug-likeness (QED) is 0.645. The van der Waals surface area contributed by atoms with Crippen LogP contribution in [0.25, 0.3) is 0 Å². The summed E-state index contributed by atoms with van der Waals surface area (Å²) in [6.45, 7) is 8.14. The van der Waals surface area contributed by atoms with Gasteiger partial charge in [0.05, 0.1) is 5.56 Å². The molecular formula is C21H33N3O2. The molecule has 0 aromatic heterocycles. The normalized spacial score (nSPS) is 15.0. The van der Waals surface area contributed by atoms with Crippen LogP contribution in [-0.2, 0) is 4.79 Å². The summed E-state index contributed by atoms with van der Waals surface area (Å²) >= 11 is 0. The van der Waals surface area contributed by atoms with E-state index < -0.39 is 0 Å². The molecule has 1 fully saturated rings. The van der Waals surface area contributed by atoms with Gasteiger partial charge in [-0.25, -0.2) is 0 Å². The van der Waals surface area contributed by atoms with E-state index in [1.807, 2.05) is 25.1 Å². The van der Waals surface area contributed by atoms with Gasteiger partial charge in [0.25, 0.3) is 5.91 Å². The predicted molar refractivity (Wildman–Crippen MR) is 108 cm³/mol. The van der Waals surface area contributed by atoms with Crippen LogP contribution in [0, 0.1) is 0 Å². The number of amides is 2. The van der Waals surface area contributed by atoms with E-state index in [1.165, 1.54) is 0 Å². The molecule has 1 unspecified atom stereocenters. The van der Waals surface area contributed by atoms with Crippen molar-refractivity contribution >= 4 is 23.2 Å². The molecule has 2 rings (SSSR count). The van der Waals surface area contributed by atoms with E-state index in [0.717, 1.165) is 57.3 Å². The van der Waals surface area contributed by atoms with Crippen molar-refractivity contribution in [2.24, 2.45) is 0 Å². The second-order valence-electron chi connectivity index (χ2n) is 7.21. The third-order valence-electron chi connectivity index (χ3n) is 4.97. The molecule has 0 bridgehead atoms. The largest absolute Gasteiger partial charge is 0.371 e. The Kier molecular flexibility index (Phi) is 7.95. The van der Waals surface area contributed by atoms with Crippen LogP contribution >= 0.6 is 0 Å². The summed E-state index contributed by atoms with van der Waals surface area (Å²) in [5, 5.41) is 6.00. The lowest BCUT2D eigenvalue weighted by Crippen LogP contribution is -2.33. The topological polar surface area (TPSA) is 61.4 Å². The number of carbonyl (C=O) groups is 2. The van der Waals surface area contributed by atoms with Gasteiger partial charge >= 0.3 is 0 Å². The second-order valence-corrected chi connectivity index (χ2v) is 7.21. The number of anilines is 2. The molecule has 1 aromatic carbocycles. The van der Waals surface area contributed by atoms with Crippen LogP contribution in [0.2, 0.25) is 0 Å². The average molecular weight is 360 g/mol. The van der Waals surface area contributed by atoms with Gasteiger partial charge in [-0.3, -0.25) is 9.59 Å². The van der Waals surface area contributed by atoms with Crippen molar-refractivity contribution in [2.75, 3.05) is 23.3 Å². The van der Waals surface area contributed by atoms with Crippen LogP contribution < -0.4 is 15.5 Å². The van der Waals surface area contributed by atoms with E-state index in [-0.39, 0.29) is 17.9 Å². The first-order valence-electron chi connectivity index (χ1n) is 10.0. The maximum atomic E-state index is 12.8. The minimum atomic E-state index is -0.0664. The van der Waals surface area contributed by atoms with Crippen molar-refractivity contribution in [1.29, 1.82) is 0 Å². The van der Waals surface area contributed by atoms with Crippen molar-refractivity contribution in [3.63, 3.8) is 0 Å². The van der Waals surface area contributed by atoms with Gasteiger partial charge in [-0.05, 0) is 50.8 Å². The van der Waals surface area contributed by atoms with E-state index in [1.54, 1.807) is 0 Å². The Hall–Kier alpha value is -2.04. The van der Waals surface area contributed by atoms with Gasteiger partial charge in [-0.1, -0.05) is 26.7 Å². The fourth-order valence-electron chi connectivity index (χ4n) is 3.19. The Labute approximate surface area is 157 Å². The van der Waals surface area contributed by atoms with Gasteiger partial charge in [0.1, 0.15) is 0 Å². The van der Waals surface area contributed by atoms with Gasteiger partial charge in [0.15, 0.2) is 0 Å². The van der Waals surface area contributed by atoms with E-state index >= 15 is 0 Å². The highest BCUT2D eigenvalue weighted by Gasteiger charge is 2.21. The zero-order valence-corrected chi connectivity index (χ0v) is 16.4. The van der Waals surface area contributed by atoms with Crippen LogP contribution in [0.15, 0.2) is 18.2 Å². The number of nitrogens with zero attached hydrogens (tertiary/aromatic N) is 1. The monoisotopic (exact) mass is 359 g/mol. The number of unbranched alkanes of at least 4 members (excludes halogenated alkanes) is 2. The Bertz CT molecular complexity index is 609. The highest BCUT2D eigenvalue weighted by molar-refractivity contribution is 6.02. The van der Waals surface area contributed by atoms with Crippen molar-refractivity contribution < 1.29 is 9.59 Å². The molecule has 0 aliphatic carbocycles. The lowest BCUT2D eigenvalue weighted by molar-refractivity contribution is -0.116. The summed E-state index contributed by atoms with van der Waals surface area (Å²) in [4.78, 5) is 27.2. The highest BCUT2D eigenvalue weighted by Crippen LogP contribution is 2.28. The minimum absolute atomic E-state index is 0.0145. The van der Waals surface area contributed by atoms with Crippen molar-refractivity contribution in [3.8, 4) is 0 Å². The molecule has 1 saturated heterocycles. The Morgan fingerprint density at radius 1 is 1.15 bits per heavy atom. The lowest BCUT2D eigenvalue weighted by atomic mass is 10.1. The number of carbonyl (C=O) groups excluding carboxylic acids is 2. The molecular weight excluding hydrogens is 326 g/mol. The fourth-order valence-corrected chi connectivity index (χ4v) is 3.19. The second kappa shape index (κ2) is 10.2. The molecule has 2 N–H and O–H groups in total. The van der Waals surface area contributed by atoms with Crippen molar-refractivity contribution in [2.45, 2.75) is 71.8 Å². The third kappa shape index (κ3) is 5.75. The van der Waals surface area contributed by atoms with Crippen LogP contribution in [0.4, 0.5) is 11.4 Å². The van der Waals surface area contributed by atoms with Crippen LogP contribution in [0.3, 0.4) is 0 Å². The first-order valence-corrected chi connectivity index (χ1v) is 10.0. The molecule has 1 heterocycles. The summed E-state index contributed by atoms with van der Waals surface area (Å²) < 4.78 is 0. The third-order valence-corrected chi connectivity index (χ3v) is 4.97. The molecule has 5 nitrogen and oxygen atoms in total. The smallest absolute Gasteiger partial charge is 0.253 e. The first kappa shape index (κ1) is 20.3.